The molecule has 0 aliphatic heterocycles. The molecule has 0 heterocycles. The summed E-state index contributed by atoms with van der Waals surface area (Å²) < 4.78 is 16.1. The van der Waals surface area contributed by atoms with E-state index >= 15 is 0 Å². The van der Waals surface area contributed by atoms with Gasteiger partial charge in [-0.05, 0) is 30.1 Å². The molecule has 9 heteroatoms. The van der Waals surface area contributed by atoms with Crippen LogP contribution in [0.15, 0.2) is 0 Å². The summed E-state index contributed by atoms with van der Waals surface area (Å²) >= 11 is 8.60. The zero-order valence-corrected chi connectivity index (χ0v) is 15.9. The Labute approximate surface area is 137 Å². The molecule has 0 spiro atoms. The van der Waals surface area contributed by atoms with E-state index < -0.39 is 8.80 Å². The molecule has 0 radical (unpaired) electrons. The molecule has 0 atom stereocenters. The Bertz CT molecular complexity index is 251. The van der Waals surface area contributed by atoms with Crippen LogP contribution in [0, 0.1) is 0 Å². The first-order chi connectivity index (χ1) is 9.60. The lowest BCUT2D eigenvalue weighted by molar-refractivity contribution is 0.125. The van der Waals surface area contributed by atoms with Gasteiger partial charge in [-0.25, -0.2) is 0 Å². The van der Waals surface area contributed by atoms with Crippen molar-refractivity contribution in [3.63, 3.8) is 0 Å². The summed E-state index contributed by atoms with van der Waals surface area (Å²) in [5, 5.41) is 3.33. The fourth-order valence-corrected chi connectivity index (χ4v) is 5.95. The molecule has 3 N–H and O–H groups in total. The van der Waals surface area contributed by atoms with Gasteiger partial charge in [0, 0.05) is 45.4 Å². The number of thioether (sulfide) groups is 2. The Morgan fingerprint density at radius 3 is 2.10 bits per heavy atom. The maximum Gasteiger partial charge on any atom is 0.500 e. The minimum Gasteiger partial charge on any atom is -0.377 e. The minimum absolute atomic E-state index is 0.382. The van der Waals surface area contributed by atoms with Gasteiger partial charge in [-0.2, -0.15) is 23.5 Å². The summed E-state index contributed by atoms with van der Waals surface area (Å²) in [5.74, 6) is 4.42. The molecule has 0 aromatic carbocycles. The summed E-state index contributed by atoms with van der Waals surface area (Å²) in [6.45, 7) is 0.860. The topological polar surface area (TPSA) is 65.7 Å². The zero-order chi connectivity index (χ0) is 15.3. The van der Waals surface area contributed by atoms with E-state index in [0.717, 1.165) is 42.0 Å². The third-order valence-electron chi connectivity index (χ3n) is 2.62. The first-order valence-electron chi connectivity index (χ1n) is 6.44. The first kappa shape index (κ1) is 20.5. The van der Waals surface area contributed by atoms with Crippen LogP contribution < -0.4 is 11.1 Å². The molecule has 5 nitrogen and oxygen atoms in total. The second kappa shape index (κ2) is 13.2. The van der Waals surface area contributed by atoms with Gasteiger partial charge in [-0.3, -0.25) is 0 Å². The number of nitrogens with two attached hydrogens (primary N) is 1. The molecule has 0 aliphatic carbocycles. The van der Waals surface area contributed by atoms with E-state index in [1.54, 1.807) is 21.3 Å². The van der Waals surface area contributed by atoms with E-state index in [2.05, 4.69) is 5.32 Å². The van der Waals surface area contributed by atoms with Gasteiger partial charge in [-0.1, -0.05) is 0 Å². The lowest BCUT2D eigenvalue weighted by Crippen LogP contribution is -2.43. The van der Waals surface area contributed by atoms with Gasteiger partial charge in [0.25, 0.3) is 0 Å². The van der Waals surface area contributed by atoms with Crippen LogP contribution in [-0.2, 0) is 13.3 Å². The first-order valence-corrected chi connectivity index (χ1v) is 11.1. The van der Waals surface area contributed by atoms with Crippen LogP contribution in [0.5, 0.6) is 0 Å². The van der Waals surface area contributed by atoms with Gasteiger partial charge in [0.15, 0.2) is 5.11 Å². The molecule has 0 aliphatic rings. The van der Waals surface area contributed by atoms with E-state index in [0.29, 0.717) is 5.11 Å². The highest BCUT2D eigenvalue weighted by Gasteiger charge is 2.36. The summed E-state index contributed by atoms with van der Waals surface area (Å²) in [6.07, 6.45) is 1.08. The van der Waals surface area contributed by atoms with Crippen LogP contribution in [-0.4, -0.2) is 64.8 Å². The number of thiocarbonyl (C=S) groups is 1. The Kier molecular flexibility index (Phi) is 13.5. The molecular formula is C11H26N2O3S3Si. The highest BCUT2D eigenvalue weighted by Crippen LogP contribution is 2.17. The van der Waals surface area contributed by atoms with Crippen molar-refractivity contribution in [2.45, 2.75) is 12.5 Å². The largest absolute Gasteiger partial charge is 0.500 e. The highest BCUT2D eigenvalue weighted by atomic mass is 32.2. The Morgan fingerprint density at radius 2 is 1.60 bits per heavy atom. The summed E-state index contributed by atoms with van der Waals surface area (Å²) in [5.41, 5.74) is 5.34. The molecule has 0 fully saturated rings. The number of rotatable bonds is 13. The SMILES string of the molecule is CO[Si](CCSCCSCCCNC(N)=S)(OC)OC. The molecule has 0 aromatic rings. The number of hydrogen-bond donors (Lipinski definition) is 2. The van der Waals surface area contributed by atoms with Gasteiger partial charge in [0.1, 0.15) is 0 Å². The van der Waals surface area contributed by atoms with Crippen molar-refractivity contribution in [3.8, 4) is 0 Å². The molecule has 0 unspecified atom stereocenters. The second-order valence-electron chi connectivity index (χ2n) is 3.91. The normalized spacial score (nSPS) is 11.6. The van der Waals surface area contributed by atoms with Crippen LogP contribution in [0.1, 0.15) is 6.42 Å². The van der Waals surface area contributed by atoms with Crippen LogP contribution in [0.2, 0.25) is 6.04 Å². The minimum atomic E-state index is -2.37. The fraction of sp³-hybridized carbons (Fsp3) is 0.909. The molecule has 120 valence electrons. The molecular weight excluding hydrogens is 332 g/mol. The summed E-state index contributed by atoms with van der Waals surface area (Å²) in [7, 11) is 2.59. The maximum absolute atomic E-state index is 5.38. The Hall–Kier alpha value is 0.487. The van der Waals surface area contributed by atoms with E-state index in [1.807, 2.05) is 23.5 Å². The Morgan fingerprint density at radius 1 is 1.05 bits per heavy atom. The highest BCUT2D eigenvalue weighted by molar-refractivity contribution is 8.02. The monoisotopic (exact) mass is 358 g/mol. The molecule has 0 amide bonds. The van der Waals surface area contributed by atoms with E-state index in [4.69, 9.17) is 31.2 Å². The van der Waals surface area contributed by atoms with Crippen molar-refractivity contribution in [2.24, 2.45) is 5.73 Å². The Balaban J connectivity index is 3.38. The average Bonchev–Trinajstić information content (AvgIpc) is 2.45. The van der Waals surface area contributed by atoms with E-state index in [1.165, 1.54) is 0 Å². The van der Waals surface area contributed by atoms with E-state index in [-0.39, 0.29) is 0 Å². The molecule has 0 bridgehead atoms. The maximum atomic E-state index is 5.38. The van der Waals surface area contributed by atoms with Crippen molar-refractivity contribution in [3.05, 3.63) is 0 Å². The van der Waals surface area contributed by atoms with Crippen molar-refractivity contribution in [1.29, 1.82) is 0 Å². The molecule has 0 saturated carbocycles. The second-order valence-corrected chi connectivity index (χ2v) is 9.89. The van der Waals surface area contributed by atoms with Gasteiger partial charge in [0.05, 0.1) is 0 Å². The summed E-state index contributed by atoms with van der Waals surface area (Å²) in [4.78, 5) is 0. The third-order valence-corrected chi connectivity index (χ3v) is 8.17. The zero-order valence-electron chi connectivity index (χ0n) is 12.5. The molecule has 0 saturated heterocycles. The average molecular weight is 359 g/mol. The van der Waals surface area contributed by atoms with Crippen LogP contribution in [0.25, 0.3) is 0 Å². The molecule has 20 heavy (non-hydrogen) atoms. The molecule has 0 rings (SSSR count). The van der Waals surface area contributed by atoms with Crippen LogP contribution in [0.3, 0.4) is 0 Å². The lowest BCUT2D eigenvalue weighted by atomic mass is 10.5. The third kappa shape index (κ3) is 10.2. The van der Waals surface area contributed by atoms with Crippen LogP contribution in [0.4, 0.5) is 0 Å². The quantitative estimate of drug-likeness (QED) is 0.292. The van der Waals surface area contributed by atoms with Crippen molar-refractivity contribution >= 4 is 49.7 Å². The predicted molar refractivity (Wildman–Crippen MR) is 95.6 cm³/mol. The smallest absolute Gasteiger partial charge is 0.377 e. The van der Waals surface area contributed by atoms with Crippen molar-refractivity contribution in [1.82, 2.24) is 5.32 Å². The van der Waals surface area contributed by atoms with Gasteiger partial charge in [0.2, 0.25) is 0 Å². The number of hydrogen-bond acceptors (Lipinski definition) is 6. The van der Waals surface area contributed by atoms with Crippen LogP contribution >= 0.6 is 35.7 Å². The van der Waals surface area contributed by atoms with Gasteiger partial charge in [-0.15, -0.1) is 0 Å². The number of nitrogens with one attached hydrogen (secondary N) is 1. The predicted octanol–water partition coefficient (Wildman–Crippen LogP) is 1.55. The van der Waals surface area contributed by atoms with E-state index in [9.17, 15) is 0 Å². The van der Waals surface area contributed by atoms with Gasteiger partial charge >= 0.3 is 8.80 Å². The summed E-state index contributed by atoms with van der Waals surface area (Å²) in [6, 6.07) is 0.851. The fourth-order valence-electron chi connectivity index (χ4n) is 1.46. The lowest BCUT2D eigenvalue weighted by Gasteiger charge is -2.23. The van der Waals surface area contributed by atoms with Gasteiger partial charge < -0.3 is 24.3 Å². The van der Waals surface area contributed by atoms with Crippen molar-refractivity contribution in [2.75, 3.05) is 50.9 Å². The van der Waals surface area contributed by atoms with Crippen molar-refractivity contribution < 1.29 is 13.3 Å². The molecule has 0 aromatic heterocycles. The standard InChI is InChI=1S/C11H26N2O3S3Si/c1-14-20(15-2,16-3)10-9-19-8-7-18-6-4-5-13-11(12)17/h4-10H2,1-3H3,(H3,12,13,17).